The molecule has 4 amide bonds. The second-order valence-electron chi connectivity index (χ2n) is 10.0. The Morgan fingerprint density at radius 1 is 0.977 bits per heavy atom. The van der Waals surface area contributed by atoms with Gasteiger partial charge in [-0.15, -0.1) is 5.11 Å². The number of amides is 4. The van der Waals surface area contributed by atoms with Gasteiger partial charge in [0.05, 0.1) is 30.3 Å². The van der Waals surface area contributed by atoms with Crippen molar-refractivity contribution in [2.75, 3.05) is 31.4 Å². The fourth-order valence-corrected chi connectivity index (χ4v) is 7.58. The number of benzene rings is 1. The maximum Gasteiger partial charge on any atom is 0.315 e. The smallest absolute Gasteiger partial charge is 0.315 e. The molecule has 0 radical (unpaired) electrons. The van der Waals surface area contributed by atoms with Gasteiger partial charge < -0.3 is 21.3 Å². The van der Waals surface area contributed by atoms with E-state index >= 15 is 0 Å². The SMILES string of the molecule is CS(=O)(=O)n1ccn(S(C)(=O)=O)c1=N/N=N/c1ccc(C(=O)NCCNC(=O)CCCCC2SCC3NC(=O)NC32)cc1. The molecule has 4 rings (SSSR count). The minimum atomic E-state index is -3.85. The summed E-state index contributed by atoms with van der Waals surface area (Å²) in [7, 11) is -7.71. The van der Waals surface area contributed by atoms with Crippen LogP contribution in [0, 0.1) is 0 Å². The number of imidazole rings is 1. The minimum Gasteiger partial charge on any atom is -0.354 e. The highest BCUT2D eigenvalue weighted by Crippen LogP contribution is 2.33. The third kappa shape index (κ3) is 8.66. The van der Waals surface area contributed by atoms with Crippen LogP contribution in [-0.4, -0.2) is 91.3 Å². The summed E-state index contributed by atoms with van der Waals surface area (Å²) in [4.78, 5) is 36.0. The second-order valence-corrected chi connectivity index (χ2v) is 15.0. The monoisotopic (exact) mass is 655 g/mol. The number of carbonyl (C=O) groups is 3. The zero-order chi connectivity index (χ0) is 31.2. The van der Waals surface area contributed by atoms with Crippen LogP contribution < -0.4 is 26.9 Å². The number of hydrogen-bond donors (Lipinski definition) is 4. The molecule has 1 aromatic heterocycles. The van der Waals surface area contributed by atoms with Gasteiger partial charge in [0.1, 0.15) is 0 Å². The van der Waals surface area contributed by atoms with Gasteiger partial charge in [-0.1, -0.05) is 11.5 Å². The van der Waals surface area contributed by atoms with Crippen molar-refractivity contribution in [1.82, 2.24) is 29.2 Å². The predicted molar refractivity (Wildman–Crippen MR) is 159 cm³/mol. The van der Waals surface area contributed by atoms with E-state index in [1.54, 1.807) is 0 Å². The van der Waals surface area contributed by atoms with Gasteiger partial charge in [-0.25, -0.2) is 29.6 Å². The maximum absolute atomic E-state index is 12.4. The highest BCUT2D eigenvalue weighted by molar-refractivity contribution is 8.00. The van der Waals surface area contributed by atoms with Crippen molar-refractivity contribution < 1.29 is 31.2 Å². The molecule has 2 fully saturated rings. The number of unbranched alkanes of at least 4 members (excludes halogenated alkanes) is 1. The minimum absolute atomic E-state index is 0.0898. The average Bonchev–Trinajstić information content (AvgIpc) is 3.63. The van der Waals surface area contributed by atoms with Crippen molar-refractivity contribution in [1.29, 1.82) is 0 Å². The van der Waals surface area contributed by atoms with Crippen LogP contribution in [0.1, 0.15) is 36.0 Å². The first kappa shape index (κ1) is 32.2. The molecule has 19 heteroatoms. The molecule has 3 atom stereocenters. The van der Waals surface area contributed by atoms with E-state index in [1.165, 1.54) is 24.3 Å². The third-order valence-corrected chi connectivity index (χ3v) is 10.2. The Balaban J connectivity index is 1.18. The van der Waals surface area contributed by atoms with E-state index in [4.69, 9.17) is 0 Å². The van der Waals surface area contributed by atoms with Gasteiger partial charge in [0.15, 0.2) is 0 Å². The van der Waals surface area contributed by atoms with E-state index in [0.717, 1.165) is 49.9 Å². The molecule has 0 spiro atoms. The van der Waals surface area contributed by atoms with E-state index in [1.807, 2.05) is 11.8 Å². The van der Waals surface area contributed by atoms with Crippen molar-refractivity contribution in [3.05, 3.63) is 47.8 Å². The Morgan fingerprint density at radius 3 is 2.28 bits per heavy atom. The van der Waals surface area contributed by atoms with Gasteiger partial charge in [-0.05, 0) is 42.3 Å². The number of rotatable bonds is 13. The average molecular weight is 656 g/mol. The van der Waals surface area contributed by atoms with Gasteiger partial charge in [0, 0.05) is 48.5 Å². The van der Waals surface area contributed by atoms with Crippen LogP contribution in [0.2, 0.25) is 0 Å². The molecule has 16 nitrogen and oxygen atoms in total. The van der Waals surface area contributed by atoms with Crippen LogP contribution in [0.5, 0.6) is 0 Å². The van der Waals surface area contributed by atoms with Crippen LogP contribution in [0.15, 0.2) is 52.1 Å². The molecule has 0 aliphatic carbocycles. The quantitative estimate of drug-likeness (QED) is 0.100. The Labute approximate surface area is 252 Å². The van der Waals surface area contributed by atoms with Crippen molar-refractivity contribution in [2.24, 2.45) is 15.4 Å². The fraction of sp³-hybridized carbons (Fsp3) is 0.500. The van der Waals surface area contributed by atoms with Gasteiger partial charge >= 0.3 is 6.03 Å². The summed E-state index contributed by atoms with van der Waals surface area (Å²) in [6.07, 6.45) is 6.80. The first-order valence-corrected chi connectivity index (χ1v) is 18.1. The molecule has 234 valence electrons. The van der Waals surface area contributed by atoms with Crippen molar-refractivity contribution >= 4 is 55.3 Å². The summed E-state index contributed by atoms with van der Waals surface area (Å²) < 4.78 is 49.1. The Bertz CT molecular complexity index is 1610. The number of nitrogens with zero attached hydrogens (tertiary/aromatic N) is 5. The van der Waals surface area contributed by atoms with Gasteiger partial charge in [0.25, 0.3) is 11.5 Å². The topological polar surface area (TPSA) is 215 Å². The molecule has 2 aromatic rings. The van der Waals surface area contributed by atoms with Crippen LogP contribution >= 0.6 is 11.8 Å². The first-order valence-electron chi connectivity index (χ1n) is 13.3. The van der Waals surface area contributed by atoms with Crippen molar-refractivity contribution in [3.8, 4) is 0 Å². The Hall–Kier alpha value is -3.71. The molecule has 3 unspecified atom stereocenters. The number of fused-ring (bicyclic) bond motifs is 1. The molecule has 2 saturated heterocycles. The molecule has 2 aliphatic heterocycles. The normalized spacial score (nSPS) is 20.0. The number of nitrogens with one attached hydrogen (secondary N) is 4. The summed E-state index contributed by atoms with van der Waals surface area (Å²) in [6, 6.07) is 6.21. The number of hydrogen-bond acceptors (Lipinski definition) is 10. The highest BCUT2D eigenvalue weighted by atomic mass is 32.2. The largest absolute Gasteiger partial charge is 0.354 e. The lowest BCUT2D eigenvalue weighted by atomic mass is 10.0. The van der Waals surface area contributed by atoms with Crippen molar-refractivity contribution in [3.63, 3.8) is 0 Å². The van der Waals surface area contributed by atoms with E-state index in [9.17, 15) is 31.2 Å². The summed E-state index contributed by atoms with van der Waals surface area (Å²) in [6.45, 7) is 0.515. The van der Waals surface area contributed by atoms with Crippen molar-refractivity contribution in [2.45, 2.75) is 43.0 Å². The Morgan fingerprint density at radius 2 is 1.63 bits per heavy atom. The summed E-state index contributed by atoms with van der Waals surface area (Å²) in [5, 5.41) is 22.8. The van der Waals surface area contributed by atoms with E-state index < -0.39 is 25.7 Å². The van der Waals surface area contributed by atoms with E-state index in [2.05, 4.69) is 36.7 Å². The molecule has 1 aromatic carbocycles. The standard InChI is InChI=1S/C24H33N9O7S3/c1-42(37,38)32-13-14-33(43(2,39)40)24(32)30-31-29-17-9-7-16(8-10-17)22(35)26-12-11-25-20(34)6-4-3-5-19-21-18(15-41-19)27-23(36)28-21/h7-10,13-14,18-19,21H,3-6,11-12,15H2,1-2H3,(H,25,34)(H,26,35)(H2,27,28,36)/b31-29+. The summed E-state index contributed by atoms with van der Waals surface area (Å²) >= 11 is 1.85. The summed E-state index contributed by atoms with van der Waals surface area (Å²) in [5.41, 5.74) is 0.145. The maximum atomic E-state index is 12.4. The predicted octanol–water partition coefficient (Wildman–Crippen LogP) is 0.0764. The molecule has 0 saturated carbocycles. The lowest BCUT2D eigenvalue weighted by Crippen LogP contribution is -2.36. The fourth-order valence-electron chi connectivity index (χ4n) is 4.59. The summed E-state index contributed by atoms with van der Waals surface area (Å²) in [5.74, 6) is 0.460. The molecule has 0 bridgehead atoms. The molecular formula is C24H33N9O7S3. The first-order chi connectivity index (χ1) is 20.3. The number of urea groups is 1. The van der Waals surface area contributed by atoms with Crippen LogP contribution in [-0.2, 0) is 24.8 Å². The molecule has 43 heavy (non-hydrogen) atoms. The van der Waals surface area contributed by atoms with Crippen LogP contribution in [0.3, 0.4) is 0 Å². The van der Waals surface area contributed by atoms with Crippen LogP contribution in [0.4, 0.5) is 10.5 Å². The number of aromatic nitrogens is 2. The van der Waals surface area contributed by atoms with E-state index in [0.29, 0.717) is 25.2 Å². The Kier molecular flexibility index (Phi) is 10.3. The lowest BCUT2D eigenvalue weighted by Gasteiger charge is -2.16. The van der Waals surface area contributed by atoms with Crippen LogP contribution in [0.25, 0.3) is 0 Å². The molecule has 2 aliphatic rings. The molecule has 3 heterocycles. The zero-order valence-electron chi connectivity index (χ0n) is 23.5. The highest BCUT2D eigenvalue weighted by Gasteiger charge is 2.42. The van der Waals surface area contributed by atoms with Gasteiger partial charge in [0.2, 0.25) is 26.0 Å². The number of carbonyl (C=O) groups excluding carboxylic acids is 3. The third-order valence-electron chi connectivity index (χ3n) is 6.68. The van der Waals surface area contributed by atoms with Gasteiger partial charge in [-0.2, -0.15) is 11.8 Å². The second kappa shape index (κ2) is 13.7. The zero-order valence-corrected chi connectivity index (χ0v) is 25.9. The lowest BCUT2D eigenvalue weighted by molar-refractivity contribution is -0.121. The molecular weight excluding hydrogens is 623 g/mol. The number of thioether (sulfide) groups is 1. The van der Waals surface area contributed by atoms with E-state index in [-0.39, 0.29) is 48.7 Å². The molecule has 4 N–H and O–H groups in total. The van der Waals surface area contributed by atoms with Gasteiger partial charge in [-0.3, -0.25) is 9.59 Å².